The van der Waals surface area contributed by atoms with Gasteiger partial charge in [-0.3, -0.25) is 19.4 Å². The van der Waals surface area contributed by atoms with E-state index in [2.05, 4.69) is 40.3 Å². The minimum absolute atomic E-state index is 0.0188. The molecule has 2 aliphatic rings. The summed E-state index contributed by atoms with van der Waals surface area (Å²) in [6.45, 7) is 8.84. The fourth-order valence-corrected chi connectivity index (χ4v) is 4.61. The standard InChI is InChI=1S/C23H33N5O2/c1-18(2)28-17-20(15-26-28)16-27-10-6-23(7-11-27)13-19(5-12-30-23)14-25-22(29)21-3-8-24-9-4-21/h3-4,8-9,15,17-19H,5-7,10-14,16H2,1-2H3,(H,25,29). The molecule has 1 atom stereocenters. The van der Waals surface area contributed by atoms with Gasteiger partial charge in [-0.2, -0.15) is 5.10 Å². The maximum absolute atomic E-state index is 12.3. The molecule has 2 aliphatic heterocycles. The van der Waals surface area contributed by atoms with Crippen LogP contribution < -0.4 is 5.32 Å². The van der Waals surface area contributed by atoms with Gasteiger partial charge in [0.25, 0.3) is 5.91 Å². The van der Waals surface area contributed by atoms with E-state index in [0.29, 0.717) is 24.1 Å². The maximum atomic E-state index is 12.3. The topological polar surface area (TPSA) is 72.3 Å². The van der Waals surface area contributed by atoms with E-state index in [1.165, 1.54) is 5.56 Å². The first kappa shape index (κ1) is 21.0. The highest BCUT2D eigenvalue weighted by Crippen LogP contribution is 2.37. The van der Waals surface area contributed by atoms with E-state index < -0.39 is 0 Å². The van der Waals surface area contributed by atoms with Crippen molar-refractivity contribution in [3.8, 4) is 0 Å². The lowest BCUT2D eigenvalue weighted by molar-refractivity contribution is -0.127. The Hall–Kier alpha value is -2.25. The Labute approximate surface area is 178 Å². The number of amides is 1. The van der Waals surface area contributed by atoms with Crippen LogP contribution in [-0.4, -0.2) is 57.4 Å². The molecule has 0 saturated carbocycles. The van der Waals surface area contributed by atoms with E-state index in [0.717, 1.165) is 51.9 Å². The number of hydrogen-bond acceptors (Lipinski definition) is 5. The van der Waals surface area contributed by atoms with Crippen LogP contribution in [0.2, 0.25) is 0 Å². The molecule has 0 aliphatic carbocycles. The normalized spacial score (nSPS) is 21.8. The summed E-state index contributed by atoms with van der Waals surface area (Å²) >= 11 is 0. The van der Waals surface area contributed by atoms with Gasteiger partial charge in [-0.1, -0.05) is 0 Å². The Morgan fingerprint density at radius 2 is 2.07 bits per heavy atom. The van der Waals surface area contributed by atoms with Crippen molar-refractivity contribution in [2.45, 2.75) is 57.7 Å². The molecule has 0 radical (unpaired) electrons. The van der Waals surface area contributed by atoms with Crippen LogP contribution >= 0.6 is 0 Å². The zero-order chi connectivity index (χ0) is 21.0. The zero-order valence-electron chi connectivity index (χ0n) is 18.1. The molecular formula is C23H33N5O2. The number of pyridine rings is 1. The minimum atomic E-state index is -0.0249. The highest BCUT2D eigenvalue weighted by atomic mass is 16.5. The van der Waals surface area contributed by atoms with Crippen molar-refractivity contribution in [1.29, 1.82) is 0 Å². The number of piperidine rings is 1. The number of ether oxygens (including phenoxy) is 1. The molecule has 162 valence electrons. The summed E-state index contributed by atoms with van der Waals surface area (Å²) < 4.78 is 8.32. The second-order valence-corrected chi connectivity index (χ2v) is 9.03. The second kappa shape index (κ2) is 9.27. The summed E-state index contributed by atoms with van der Waals surface area (Å²) in [5, 5.41) is 7.56. The Balaban J connectivity index is 1.25. The largest absolute Gasteiger partial charge is 0.375 e. The van der Waals surface area contributed by atoms with E-state index in [1.807, 2.05) is 10.9 Å². The van der Waals surface area contributed by atoms with E-state index >= 15 is 0 Å². The predicted molar refractivity (Wildman–Crippen MR) is 115 cm³/mol. The van der Waals surface area contributed by atoms with Gasteiger partial charge in [-0.05, 0) is 57.6 Å². The molecule has 2 fully saturated rings. The number of carbonyl (C=O) groups is 1. The van der Waals surface area contributed by atoms with Crippen molar-refractivity contribution >= 4 is 5.91 Å². The molecule has 2 aromatic rings. The van der Waals surface area contributed by atoms with Crippen molar-refractivity contribution in [1.82, 2.24) is 25.0 Å². The van der Waals surface area contributed by atoms with E-state index in [9.17, 15) is 4.79 Å². The van der Waals surface area contributed by atoms with Gasteiger partial charge in [0, 0.05) is 68.5 Å². The molecule has 7 nitrogen and oxygen atoms in total. The van der Waals surface area contributed by atoms with Crippen molar-refractivity contribution in [3.05, 3.63) is 48.0 Å². The van der Waals surface area contributed by atoms with Gasteiger partial charge in [0.15, 0.2) is 0 Å². The summed E-state index contributed by atoms with van der Waals surface area (Å²) in [6, 6.07) is 3.90. The molecule has 1 N–H and O–H groups in total. The number of nitrogens with zero attached hydrogens (tertiary/aromatic N) is 4. The van der Waals surface area contributed by atoms with Crippen LogP contribution in [-0.2, 0) is 11.3 Å². The number of aromatic nitrogens is 3. The fourth-order valence-electron chi connectivity index (χ4n) is 4.61. The lowest BCUT2D eigenvalue weighted by Gasteiger charge is -2.46. The van der Waals surface area contributed by atoms with E-state index in [1.54, 1.807) is 24.5 Å². The average Bonchev–Trinajstić information content (AvgIpc) is 3.24. The quantitative estimate of drug-likeness (QED) is 0.791. The number of nitrogens with one attached hydrogen (secondary N) is 1. The summed E-state index contributed by atoms with van der Waals surface area (Å²) in [4.78, 5) is 18.8. The highest BCUT2D eigenvalue weighted by molar-refractivity contribution is 5.93. The van der Waals surface area contributed by atoms with Crippen LogP contribution in [0.1, 0.15) is 61.5 Å². The highest BCUT2D eigenvalue weighted by Gasteiger charge is 2.40. The molecule has 1 spiro atoms. The number of carbonyl (C=O) groups excluding carboxylic acids is 1. The molecule has 4 heterocycles. The first-order chi connectivity index (χ1) is 14.5. The fraction of sp³-hybridized carbons (Fsp3) is 0.609. The maximum Gasteiger partial charge on any atom is 0.251 e. The third kappa shape index (κ3) is 5.08. The van der Waals surface area contributed by atoms with Crippen molar-refractivity contribution in [3.63, 3.8) is 0 Å². The summed E-state index contributed by atoms with van der Waals surface area (Å²) in [6.07, 6.45) is 11.6. The third-order valence-corrected chi connectivity index (χ3v) is 6.45. The van der Waals surface area contributed by atoms with Crippen LogP contribution in [0.3, 0.4) is 0 Å². The molecule has 1 unspecified atom stereocenters. The second-order valence-electron chi connectivity index (χ2n) is 9.03. The van der Waals surface area contributed by atoms with E-state index in [-0.39, 0.29) is 11.5 Å². The van der Waals surface area contributed by atoms with Gasteiger partial charge in [0.05, 0.1) is 11.8 Å². The van der Waals surface area contributed by atoms with Crippen LogP contribution in [0, 0.1) is 5.92 Å². The average molecular weight is 412 g/mol. The SMILES string of the molecule is CC(C)n1cc(CN2CCC3(CC2)CC(CNC(=O)c2ccncc2)CCO3)cn1. The molecular weight excluding hydrogens is 378 g/mol. The predicted octanol–water partition coefficient (Wildman–Crippen LogP) is 3.05. The van der Waals surface area contributed by atoms with E-state index in [4.69, 9.17) is 4.74 Å². The van der Waals surface area contributed by atoms with Gasteiger partial charge in [-0.25, -0.2) is 0 Å². The molecule has 4 rings (SSSR count). The Morgan fingerprint density at radius 3 is 2.77 bits per heavy atom. The van der Waals surface area contributed by atoms with Gasteiger partial charge < -0.3 is 10.1 Å². The van der Waals surface area contributed by atoms with Gasteiger partial charge in [0.1, 0.15) is 0 Å². The zero-order valence-corrected chi connectivity index (χ0v) is 18.1. The summed E-state index contributed by atoms with van der Waals surface area (Å²) in [5.74, 6) is 0.454. The Morgan fingerprint density at radius 1 is 1.30 bits per heavy atom. The van der Waals surface area contributed by atoms with Crippen LogP contribution in [0.4, 0.5) is 0 Å². The van der Waals surface area contributed by atoms with Crippen LogP contribution in [0.5, 0.6) is 0 Å². The van der Waals surface area contributed by atoms with Gasteiger partial charge in [0.2, 0.25) is 0 Å². The molecule has 0 bridgehead atoms. The lowest BCUT2D eigenvalue weighted by atomic mass is 9.79. The van der Waals surface area contributed by atoms with Gasteiger partial charge in [-0.15, -0.1) is 0 Å². The molecule has 1 amide bonds. The van der Waals surface area contributed by atoms with Crippen molar-refractivity contribution in [2.24, 2.45) is 5.92 Å². The number of likely N-dealkylation sites (tertiary alicyclic amines) is 1. The van der Waals surface area contributed by atoms with Crippen molar-refractivity contribution in [2.75, 3.05) is 26.2 Å². The van der Waals surface area contributed by atoms with Crippen molar-refractivity contribution < 1.29 is 9.53 Å². The molecule has 2 saturated heterocycles. The van der Waals surface area contributed by atoms with Gasteiger partial charge >= 0.3 is 0 Å². The first-order valence-corrected chi connectivity index (χ1v) is 11.1. The Kier molecular flexibility index (Phi) is 6.49. The summed E-state index contributed by atoms with van der Waals surface area (Å²) in [7, 11) is 0. The molecule has 0 aromatic carbocycles. The van der Waals surface area contributed by atoms with Crippen LogP contribution in [0.15, 0.2) is 36.9 Å². The number of hydrogen-bond donors (Lipinski definition) is 1. The molecule has 30 heavy (non-hydrogen) atoms. The number of rotatable bonds is 6. The molecule has 7 heteroatoms. The minimum Gasteiger partial charge on any atom is -0.375 e. The third-order valence-electron chi connectivity index (χ3n) is 6.45. The van der Waals surface area contributed by atoms with Crippen LogP contribution in [0.25, 0.3) is 0 Å². The molecule has 2 aromatic heterocycles. The monoisotopic (exact) mass is 411 g/mol. The first-order valence-electron chi connectivity index (χ1n) is 11.1. The summed E-state index contributed by atoms with van der Waals surface area (Å²) in [5.41, 5.74) is 1.92. The Bertz CT molecular complexity index is 827. The lowest BCUT2D eigenvalue weighted by Crippen LogP contribution is -2.50. The smallest absolute Gasteiger partial charge is 0.251 e.